The van der Waals surface area contributed by atoms with Crippen molar-refractivity contribution < 1.29 is 4.39 Å². The van der Waals surface area contributed by atoms with Crippen molar-refractivity contribution in [1.29, 1.82) is 0 Å². The van der Waals surface area contributed by atoms with E-state index >= 15 is 0 Å². The summed E-state index contributed by atoms with van der Waals surface area (Å²) < 4.78 is 13.2. The quantitative estimate of drug-likeness (QED) is 0.740. The van der Waals surface area contributed by atoms with Crippen LogP contribution in [0.5, 0.6) is 0 Å². The molecule has 2 N–H and O–H groups in total. The standard InChI is InChI=1S/C10H14FN3/c11-8-2-1-5-14(7-8)10-3-4-13-6-9(10)12/h3-4,6,8H,1-2,5,7,12H2/t8-/m1/s1. The molecule has 1 aliphatic heterocycles. The Labute approximate surface area is 82.7 Å². The Morgan fingerprint density at radius 3 is 3.14 bits per heavy atom. The summed E-state index contributed by atoms with van der Waals surface area (Å²) in [5, 5.41) is 0. The highest BCUT2D eigenvalue weighted by Gasteiger charge is 2.20. The minimum atomic E-state index is -0.726. The number of hydrogen-bond donors (Lipinski definition) is 1. The van der Waals surface area contributed by atoms with Crippen molar-refractivity contribution in [2.24, 2.45) is 0 Å². The van der Waals surface area contributed by atoms with Crippen LogP contribution >= 0.6 is 0 Å². The first-order valence-corrected chi connectivity index (χ1v) is 4.86. The van der Waals surface area contributed by atoms with Gasteiger partial charge in [-0.25, -0.2) is 4.39 Å². The van der Waals surface area contributed by atoms with Gasteiger partial charge in [0.1, 0.15) is 6.17 Å². The van der Waals surface area contributed by atoms with Crippen molar-refractivity contribution in [3.63, 3.8) is 0 Å². The Morgan fingerprint density at radius 2 is 2.43 bits per heavy atom. The second-order valence-electron chi connectivity index (χ2n) is 3.62. The molecule has 0 saturated carbocycles. The van der Waals surface area contributed by atoms with Crippen molar-refractivity contribution in [3.8, 4) is 0 Å². The van der Waals surface area contributed by atoms with E-state index in [4.69, 9.17) is 5.73 Å². The molecule has 1 fully saturated rings. The first kappa shape index (κ1) is 9.24. The summed E-state index contributed by atoms with van der Waals surface area (Å²) in [4.78, 5) is 5.90. The zero-order valence-electron chi connectivity index (χ0n) is 7.99. The Balaban J connectivity index is 2.18. The van der Waals surface area contributed by atoms with E-state index in [1.165, 1.54) is 0 Å². The molecule has 14 heavy (non-hydrogen) atoms. The zero-order chi connectivity index (χ0) is 9.97. The molecule has 1 atom stereocenters. The normalized spacial score (nSPS) is 22.4. The van der Waals surface area contributed by atoms with E-state index < -0.39 is 6.17 Å². The molecule has 4 heteroatoms. The van der Waals surface area contributed by atoms with E-state index in [1.54, 1.807) is 12.4 Å². The molecule has 2 rings (SSSR count). The topological polar surface area (TPSA) is 42.1 Å². The van der Waals surface area contributed by atoms with Crippen LogP contribution in [0.3, 0.4) is 0 Å². The van der Waals surface area contributed by atoms with Crippen LogP contribution < -0.4 is 10.6 Å². The van der Waals surface area contributed by atoms with Crippen LogP contribution in [0.4, 0.5) is 15.8 Å². The lowest BCUT2D eigenvalue weighted by Gasteiger charge is -2.31. The van der Waals surface area contributed by atoms with Gasteiger partial charge in [0.05, 0.1) is 17.6 Å². The van der Waals surface area contributed by atoms with Crippen molar-refractivity contribution in [3.05, 3.63) is 18.5 Å². The predicted molar refractivity (Wildman–Crippen MR) is 55.0 cm³/mol. The number of piperidine rings is 1. The van der Waals surface area contributed by atoms with Crippen LogP contribution in [0.1, 0.15) is 12.8 Å². The van der Waals surface area contributed by atoms with Gasteiger partial charge in [-0.05, 0) is 18.9 Å². The van der Waals surface area contributed by atoms with E-state index in [0.717, 1.165) is 18.7 Å². The van der Waals surface area contributed by atoms with Crippen LogP contribution in [0.2, 0.25) is 0 Å². The smallest absolute Gasteiger partial charge is 0.118 e. The number of aromatic nitrogens is 1. The maximum Gasteiger partial charge on any atom is 0.118 e. The highest BCUT2D eigenvalue weighted by Crippen LogP contribution is 2.25. The number of alkyl halides is 1. The number of rotatable bonds is 1. The fourth-order valence-corrected chi connectivity index (χ4v) is 1.83. The molecule has 0 unspecified atom stereocenters. The summed E-state index contributed by atoms with van der Waals surface area (Å²) >= 11 is 0. The van der Waals surface area contributed by atoms with Crippen LogP contribution in [-0.2, 0) is 0 Å². The van der Waals surface area contributed by atoms with Crippen LogP contribution in [0, 0.1) is 0 Å². The molecule has 1 aromatic rings. The second-order valence-corrected chi connectivity index (χ2v) is 3.62. The van der Waals surface area contributed by atoms with Crippen LogP contribution in [-0.4, -0.2) is 24.2 Å². The third kappa shape index (κ3) is 1.78. The van der Waals surface area contributed by atoms with Crippen LogP contribution in [0.25, 0.3) is 0 Å². The lowest BCUT2D eigenvalue weighted by Crippen LogP contribution is -2.36. The van der Waals surface area contributed by atoms with Gasteiger partial charge in [-0.15, -0.1) is 0 Å². The summed E-state index contributed by atoms with van der Waals surface area (Å²) in [5.41, 5.74) is 7.30. The van der Waals surface area contributed by atoms with Gasteiger partial charge in [0.25, 0.3) is 0 Å². The summed E-state index contributed by atoms with van der Waals surface area (Å²) in [7, 11) is 0. The molecule has 0 spiro atoms. The number of halogens is 1. The molecule has 0 amide bonds. The largest absolute Gasteiger partial charge is 0.396 e. The van der Waals surface area contributed by atoms with E-state index in [0.29, 0.717) is 18.7 Å². The van der Waals surface area contributed by atoms with E-state index in [9.17, 15) is 4.39 Å². The van der Waals surface area contributed by atoms with Gasteiger partial charge in [0.2, 0.25) is 0 Å². The lowest BCUT2D eigenvalue weighted by atomic mass is 10.1. The number of hydrogen-bond acceptors (Lipinski definition) is 3. The Hall–Kier alpha value is -1.32. The monoisotopic (exact) mass is 195 g/mol. The van der Waals surface area contributed by atoms with Crippen molar-refractivity contribution in [2.45, 2.75) is 19.0 Å². The molecule has 0 aromatic carbocycles. The molecule has 0 aliphatic carbocycles. The Bertz CT molecular complexity index is 316. The van der Waals surface area contributed by atoms with E-state index in [-0.39, 0.29) is 0 Å². The average Bonchev–Trinajstić information content (AvgIpc) is 2.18. The van der Waals surface area contributed by atoms with E-state index in [2.05, 4.69) is 4.98 Å². The maximum atomic E-state index is 13.2. The number of nitrogen functional groups attached to an aromatic ring is 1. The summed E-state index contributed by atoms with van der Waals surface area (Å²) in [6.45, 7) is 1.34. The number of nitrogens with zero attached hydrogens (tertiary/aromatic N) is 2. The molecule has 0 bridgehead atoms. The number of anilines is 2. The van der Waals surface area contributed by atoms with Gasteiger partial charge >= 0.3 is 0 Å². The van der Waals surface area contributed by atoms with Gasteiger partial charge in [-0.1, -0.05) is 0 Å². The van der Waals surface area contributed by atoms with Crippen LogP contribution in [0.15, 0.2) is 18.5 Å². The third-order valence-corrected chi connectivity index (χ3v) is 2.53. The third-order valence-electron chi connectivity index (χ3n) is 2.53. The van der Waals surface area contributed by atoms with Gasteiger partial charge < -0.3 is 10.6 Å². The maximum absolute atomic E-state index is 13.2. The highest BCUT2D eigenvalue weighted by molar-refractivity contribution is 5.66. The molecule has 3 nitrogen and oxygen atoms in total. The van der Waals surface area contributed by atoms with Gasteiger partial charge in [0.15, 0.2) is 0 Å². The van der Waals surface area contributed by atoms with Gasteiger partial charge in [-0.3, -0.25) is 4.98 Å². The minimum Gasteiger partial charge on any atom is -0.396 e. The molecular weight excluding hydrogens is 181 g/mol. The fourth-order valence-electron chi connectivity index (χ4n) is 1.83. The second kappa shape index (κ2) is 3.82. The van der Waals surface area contributed by atoms with Crippen molar-refractivity contribution >= 4 is 11.4 Å². The summed E-state index contributed by atoms with van der Waals surface area (Å²) in [6.07, 6.45) is 4.13. The number of nitrogens with two attached hydrogens (primary N) is 1. The molecule has 1 saturated heterocycles. The molecule has 2 heterocycles. The Kier molecular flexibility index (Phi) is 2.52. The first-order chi connectivity index (χ1) is 6.77. The fraction of sp³-hybridized carbons (Fsp3) is 0.500. The Morgan fingerprint density at radius 1 is 1.57 bits per heavy atom. The minimum absolute atomic E-state index is 0.453. The molecule has 76 valence electrons. The number of pyridine rings is 1. The SMILES string of the molecule is Nc1cnccc1N1CCC[C@@H](F)C1. The molecule has 1 aromatic heterocycles. The van der Waals surface area contributed by atoms with Crippen molar-refractivity contribution in [2.75, 3.05) is 23.7 Å². The highest BCUT2D eigenvalue weighted by atomic mass is 19.1. The lowest BCUT2D eigenvalue weighted by molar-refractivity contribution is 0.287. The molecular formula is C10H14FN3. The van der Waals surface area contributed by atoms with Gasteiger partial charge in [0, 0.05) is 19.3 Å². The molecule has 1 aliphatic rings. The van der Waals surface area contributed by atoms with Crippen molar-refractivity contribution in [1.82, 2.24) is 4.98 Å². The summed E-state index contributed by atoms with van der Waals surface area (Å²) in [5.74, 6) is 0. The predicted octanol–water partition coefficient (Wildman–Crippen LogP) is 1.60. The summed E-state index contributed by atoms with van der Waals surface area (Å²) in [6, 6.07) is 1.84. The average molecular weight is 195 g/mol. The van der Waals surface area contributed by atoms with E-state index in [1.807, 2.05) is 11.0 Å². The zero-order valence-corrected chi connectivity index (χ0v) is 7.99. The first-order valence-electron chi connectivity index (χ1n) is 4.86. The molecule has 0 radical (unpaired) electrons. The van der Waals surface area contributed by atoms with Gasteiger partial charge in [-0.2, -0.15) is 0 Å².